The summed E-state index contributed by atoms with van der Waals surface area (Å²) in [7, 11) is 3.34. The normalized spacial score (nSPS) is 20.0. The second-order valence-electron chi connectivity index (χ2n) is 7.91. The summed E-state index contributed by atoms with van der Waals surface area (Å²) in [5.41, 5.74) is 0.879. The number of carbonyl (C=O) groups excluding carboxylic acids is 3. The molecule has 0 aromatic heterocycles. The first-order chi connectivity index (χ1) is 14.4. The number of rotatable bonds is 7. The smallest absolute Gasteiger partial charge is 0.226 e. The zero-order valence-electron chi connectivity index (χ0n) is 18.6. The van der Waals surface area contributed by atoms with Gasteiger partial charge in [0.1, 0.15) is 5.75 Å². The summed E-state index contributed by atoms with van der Waals surface area (Å²) in [6, 6.07) is 7.32. The molecule has 0 saturated carbocycles. The molecule has 1 aromatic rings. The van der Waals surface area contributed by atoms with Crippen LogP contribution in [0.3, 0.4) is 0 Å². The maximum atomic E-state index is 12.8. The number of amides is 3. The van der Waals surface area contributed by atoms with Crippen LogP contribution in [0.1, 0.15) is 45.1 Å². The highest BCUT2D eigenvalue weighted by Gasteiger charge is 2.29. The molecule has 30 heavy (non-hydrogen) atoms. The predicted molar refractivity (Wildman–Crippen MR) is 116 cm³/mol. The van der Waals surface area contributed by atoms with Crippen molar-refractivity contribution >= 4 is 17.7 Å². The van der Waals surface area contributed by atoms with Gasteiger partial charge in [0.25, 0.3) is 0 Å². The van der Waals surface area contributed by atoms with Gasteiger partial charge in [0, 0.05) is 45.1 Å². The molecule has 0 spiro atoms. The Morgan fingerprint density at radius 3 is 2.63 bits per heavy atom. The first-order valence-electron chi connectivity index (χ1n) is 10.8. The highest BCUT2D eigenvalue weighted by atomic mass is 16.5. The molecule has 0 radical (unpaired) electrons. The summed E-state index contributed by atoms with van der Waals surface area (Å²) in [5.74, 6) is 0.365. The molecule has 1 heterocycles. The van der Waals surface area contributed by atoms with E-state index in [9.17, 15) is 14.4 Å². The Morgan fingerprint density at radius 2 is 1.97 bits per heavy atom. The van der Waals surface area contributed by atoms with Crippen LogP contribution in [0.25, 0.3) is 0 Å². The average molecular weight is 418 g/mol. The molecular weight excluding hydrogens is 382 g/mol. The minimum absolute atomic E-state index is 0.0468. The van der Waals surface area contributed by atoms with E-state index in [4.69, 9.17) is 4.74 Å². The Labute approximate surface area is 179 Å². The van der Waals surface area contributed by atoms with Crippen molar-refractivity contribution in [2.75, 3.05) is 33.8 Å². The molecule has 1 fully saturated rings. The van der Waals surface area contributed by atoms with E-state index in [0.717, 1.165) is 24.2 Å². The van der Waals surface area contributed by atoms with Gasteiger partial charge < -0.3 is 19.9 Å². The monoisotopic (exact) mass is 417 g/mol. The maximum Gasteiger partial charge on any atom is 0.226 e. The van der Waals surface area contributed by atoms with Crippen molar-refractivity contribution < 1.29 is 19.1 Å². The molecule has 1 N–H and O–H groups in total. The largest absolute Gasteiger partial charge is 0.497 e. The van der Waals surface area contributed by atoms with Crippen molar-refractivity contribution in [1.29, 1.82) is 0 Å². The minimum atomic E-state index is -0.286. The zero-order valence-corrected chi connectivity index (χ0v) is 18.6. The van der Waals surface area contributed by atoms with Crippen molar-refractivity contribution in [3.63, 3.8) is 0 Å². The Morgan fingerprint density at radius 1 is 1.23 bits per heavy atom. The highest BCUT2D eigenvalue weighted by molar-refractivity contribution is 5.86. The van der Waals surface area contributed by atoms with Crippen molar-refractivity contribution in [2.45, 2.75) is 52.0 Å². The Bertz CT molecular complexity index is 733. The van der Waals surface area contributed by atoms with Gasteiger partial charge in [0.2, 0.25) is 17.7 Å². The van der Waals surface area contributed by atoms with Gasteiger partial charge >= 0.3 is 0 Å². The van der Waals surface area contributed by atoms with Gasteiger partial charge in [-0.1, -0.05) is 18.6 Å². The van der Waals surface area contributed by atoms with E-state index < -0.39 is 0 Å². The molecule has 0 aliphatic carbocycles. The van der Waals surface area contributed by atoms with E-state index in [1.807, 2.05) is 38.1 Å². The molecule has 1 aliphatic heterocycles. The average Bonchev–Trinajstić information content (AvgIpc) is 2.79. The van der Waals surface area contributed by atoms with Crippen LogP contribution >= 0.6 is 0 Å². The quantitative estimate of drug-likeness (QED) is 0.738. The molecule has 0 bridgehead atoms. The second kappa shape index (κ2) is 11.6. The third kappa shape index (κ3) is 6.75. The summed E-state index contributed by atoms with van der Waals surface area (Å²) in [5, 5.41) is 3.07. The molecule has 1 aromatic carbocycles. The molecule has 166 valence electrons. The minimum Gasteiger partial charge on any atom is -0.497 e. The van der Waals surface area contributed by atoms with Crippen LogP contribution in [0.15, 0.2) is 24.3 Å². The summed E-state index contributed by atoms with van der Waals surface area (Å²) in [4.78, 5) is 41.4. The molecule has 2 unspecified atom stereocenters. The molecule has 1 saturated heterocycles. The van der Waals surface area contributed by atoms with E-state index in [1.54, 1.807) is 24.0 Å². The lowest BCUT2D eigenvalue weighted by Gasteiger charge is -2.26. The molecule has 3 amide bonds. The lowest BCUT2D eigenvalue weighted by molar-refractivity contribution is -0.140. The number of methoxy groups -OCH3 is 1. The van der Waals surface area contributed by atoms with Crippen LogP contribution in [0, 0.1) is 5.92 Å². The van der Waals surface area contributed by atoms with Crippen LogP contribution < -0.4 is 10.1 Å². The van der Waals surface area contributed by atoms with Gasteiger partial charge in [0.05, 0.1) is 13.5 Å². The van der Waals surface area contributed by atoms with E-state index in [0.29, 0.717) is 26.1 Å². The summed E-state index contributed by atoms with van der Waals surface area (Å²) >= 11 is 0. The van der Waals surface area contributed by atoms with Gasteiger partial charge in [-0.3, -0.25) is 14.4 Å². The number of hydrogen-bond acceptors (Lipinski definition) is 4. The van der Waals surface area contributed by atoms with Crippen LogP contribution in [0.5, 0.6) is 5.75 Å². The molecule has 2 rings (SSSR count). The summed E-state index contributed by atoms with van der Waals surface area (Å²) in [6.45, 7) is 5.67. The van der Waals surface area contributed by atoms with Crippen LogP contribution in [0.4, 0.5) is 0 Å². The molecule has 7 nitrogen and oxygen atoms in total. The van der Waals surface area contributed by atoms with Crippen molar-refractivity contribution in [3.05, 3.63) is 29.8 Å². The second-order valence-corrected chi connectivity index (χ2v) is 7.91. The fourth-order valence-corrected chi connectivity index (χ4v) is 3.97. The first-order valence-corrected chi connectivity index (χ1v) is 10.8. The van der Waals surface area contributed by atoms with Crippen LogP contribution in [-0.4, -0.2) is 67.4 Å². The Balaban J connectivity index is 1.99. The number of benzene rings is 1. The third-order valence-corrected chi connectivity index (χ3v) is 5.73. The topological polar surface area (TPSA) is 79.0 Å². The van der Waals surface area contributed by atoms with Crippen LogP contribution in [-0.2, 0) is 20.8 Å². The molecular formula is C23H35N3O4. The highest BCUT2D eigenvalue weighted by Crippen LogP contribution is 2.21. The van der Waals surface area contributed by atoms with Crippen LogP contribution in [0.2, 0.25) is 0 Å². The number of nitrogens with one attached hydrogen (secondary N) is 1. The molecule has 2 atom stereocenters. The van der Waals surface area contributed by atoms with Crippen molar-refractivity contribution in [2.24, 2.45) is 5.92 Å². The van der Waals surface area contributed by atoms with E-state index >= 15 is 0 Å². The van der Waals surface area contributed by atoms with Gasteiger partial charge in [-0.2, -0.15) is 0 Å². The molecule has 1 aliphatic rings. The van der Waals surface area contributed by atoms with E-state index in [2.05, 4.69) is 5.32 Å². The Hall–Kier alpha value is -2.57. The third-order valence-electron chi connectivity index (χ3n) is 5.73. The SMILES string of the molecule is CCN(CC)C(=O)C1CCCC(NC(=O)Cc2cccc(OC)c2)CN(C)C(=O)C1. The fraction of sp³-hybridized carbons (Fsp3) is 0.609. The van der Waals surface area contributed by atoms with Crippen molar-refractivity contribution in [1.82, 2.24) is 15.1 Å². The summed E-state index contributed by atoms with van der Waals surface area (Å²) < 4.78 is 5.21. The van der Waals surface area contributed by atoms with Gasteiger partial charge in [0.15, 0.2) is 0 Å². The predicted octanol–water partition coefficient (Wildman–Crippen LogP) is 2.24. The van der Waals surface area contributed by atoms with Gasteiger partial charge in [-0.15, -0.1) is 0 Å². The van der Waals surface area contributed by atoms with E-state index in [-0.39, 0.29) is 42.5 Å². The van der Waals surface area contributed by atoms with Crippen molar-refractivity contribution in [3.8, 4) is 5.75 Å². The van der Waals surface area contributed by atoms with Gasteiger partial charge in [-0.25, -0.2) is 0 Å². The number of nitrogens with zero attached hydrogens (tertiary/aromatic N) is 2. The van der Waals surface area contributed by atoms with Gasteiger partial charge in [-0.05, 0) is 44.4 Å². The number of carbonyl (C=O) groups is 3. The number of likely N-dealkylation sites (N-methyl/N-ethyl adjacent to an activating group) is 1. The van der Waals surface area contributed by atoms with E-state index in [1.165, 1.54) is 0 Å². The lowest BCUT2D eigenvalue weighted by atomic mass is 9.95. The number of ether oxygens (including phenoxy) is 1. The first kappa shape index (κ1) is 23.7. The zero-order chi connectivity index (χ0) is 22.1. The standard InChI is InChI=1S/C23H35N3O4/c1-5-26(6-2)23(29)18-10-8-11-19(16-25(3)22(28)15-18)24-21(27)14-17-9-7-12-20(13-17)30-4/h7,9,12-13,18-19H,5-6,8,10-11,14-16H2,1-4H3,(H,24,27). The Kier molecular flexibility index (Phi) is 9.15. The maximum absolute atomic E-state index is 12.8. The molecule has 7 heteroatoms. The number of hydrogen-bond donors (Lipinski definition) is 1. The fourth-order valence-electron chi connectivity index (χ4n) is 3.97. The lowest BCUT2D eigenvalue weighted by Crippen LogP contribution is -2.45. The summed E-state index contributed by atoms with van der Waals surface area (Å²) in [6.07, 6.45) is 2.69.